The van der Waals surface area contributed by atoms with Crippen molar-refractivity contribution in [2.75, 3.05) is 0 Å². The molecular weight excluding hydrogens is 136 g/mol. The summed E-state index contributed by atoms with van der Waals surface area (Å²) >= 11 is 0. The molecule has 1 unspecified atom stereocenters. The number of aliphatic hydroxyl groups is 1. The molecule has 64 valence electrons. The lowest BCUT2D eigenvalue weighted by atomic mass is 9.75. The standard InChI is InChI=1S/C10H18O/c1-6-7-8-10(5,11)9(2,3)4/h1,11H,7-8H2,2-5H3. The third-order valence-electron chi connectivity index (χ3n) is 2.37. The molecule has 0 bridgehead atoms. The van der Waals surface area contributed by atoms with Gasteiger partial charge in [-0.2, -0.15) is 0 Å². The van der Waals surface area contributed by atoms with E-state index in [-0.39, 0.29) is 5.41 Å². The topological polar surface area (TPSA) is 20.2 Å². The maximum absolute atomic E-state index is 9.89. The van der Waals surface area contributed by atoms with Gasteiger partial charge >= 0.3 is 0 Å². The van der Waals surface area contributed by atoms with Crippen molar-refractivity contribution >= 4 is 0 Å². The molecule has 1 nitrogen and oxygen atoms in total. The molecule has 1 atom stereocenters. The number of hydrogen-bond acceptors (Lipinski definition) is 1. The first-order valence-electron chi connectivity index (χ1n) is 3.97. The van der Waals surface area contributed by atoms with Gasteiger partial charge in [-0.15, -0.1) is 12.3 Å². The quantitative estimate of drug-likeness (QED) is 0.604. The molecule has 0 saturated carbocycles. The second-order valence-electron chi connectivity index (χ2n) is 4.23. The summed E-state index contributed by atoms with van der Waals surface area (Å²) in [5, 5.41) is 9.89. The van der Waals surface area contributed by atoms with Gasteiger partial charge in [0.05, 0.1) is 5.60 Å². The Labute approximate surface area is 69.8 Å². The number of hydrogen-bond donors (Lipinski definition) is 1. The van der Waals surface area contributed by atoms with Crippen LogP contribution in [0.5, 0.6) is 0 Å². The fourth-order valence-electron chi connectivity index (χ4n) is 0.691. The van der Waals surface area contributed by atoms with E-state index in [0.29, 0.717) is 12.8 Å². The van der Waals surface area contributed by atoms with E-state index in [1.54, 1.807) is 0 Å². The van der Waals surface area contributed by atoms with Crippen molar-refractivity contribution in [2.45, 2.75) is 46.1 Å². The van der Waals surface area contributed by atoms with E-state index >= 15 is 0 Å². The van der Waals surface area contributed by atoms with Crippen molar-refractivity contribution in [3.05, 3.63) is 0 Å². The normalized spacial score (nSPS) is 17.1. The second-order valence-corrected chi connectivity index (χ2v) is 4.23. The third kappa shape index (κ3) is 2.95. The molecule has 0 spiro atoms. The summed E-state index contributed by atoms with van der Waals surface area (Å²) in [4.78, 5) is 0. The van der Waals surface area contributed by atoms with Crippen LogP contribution in [0.15, 0.2) is 0 Å². The van der Waals surface area contributed by atoms with Crippen molar-refractivity contribution in [3.8, 4) is 12.3 Å². The van der Waals surface area contributed by atoms with E-state index in [4.69, 9.17) is 6.42 Å². The first kappa shape index (κ1) is 10.5. The zero-order valence-corrected chi connectivity index (χ0v) is 7.94. The fraction of sp³-hybridized carbons (Fsp3) is 0.800. The van der Waals surface area contributed by atoms with Gasteiger partial charge < -0.3 is 5.11 Å². The van der Waals surface area contributed by atoms with Crippen LogP contribution in [0.3, 0.4) is 0 Å². The van der Waals surface area contributed by atoms with E-state index in [0.717, 1.165) is 0 Å². The zero-order valence-electron chi connectivity index (χ0n) is 7.94. The molecule has 0 aromatic rings. The molecule has 11 heavy (non-hydrogen) atoms. The molecule has 0 aromatic carbocycles. The largest absolute Gasteiger partial charge is 0.390 e. The van der Waals surface area contributed by atoms with Crippen molar-refractivity contribution < 1.29 is 5.11 Å². The average molecular weight is 154 g/mol. The van der Waals surface area contributed by atoms with Gasteiger partial charge in [-0.25, -0.2) is 0 Å². The van der Waals surface area contributed by atoms with E-state index in [1.165, 1.54) is 0 Å². The molecule has 0 amide bonds. The molecule has 1 heteroatoms. The van der Waals surface area contributed by atoms with Gasteiger partial charge in [0.25, 0.3) is 0 Å². The van der Waals surface area contributed by atoms with E-state index in [2.05, 4.69) is 5.92 Å². The van der Waals surface area contributed by atoms with E-state index in [9.17, 15) is 5.11 Å². The van der Waals surface area contributed by atoms with Crippen LogP contribution in [-0.4, -0.2) is 10.7 Å². The molecule has 0 rings (SSSR count). The Bertz CT molecular complexity index is 155. The fourth-order valence-corrected chi connectivity index (χ4v) is 0.691. The van der Waals surface area contributed by atoms with Crippen molar-refractivity contribution in [2.24, 2.45) is 5.41 Å². The molecule has 0 heterocycles. The van der Waals surface area contributed by atoms with E-state index < -0.39 is 5.60 Å². The summed E-state index contributed by atoms with van der Waals surface area (Å²) in [5.41, 5.74) is -0.747. The van der Waals surface area contributed by atoms with Crippen LogP contribution in [0.4, 0.5) is 0 Å². The zero-order chi connectivity index (χ0) is 9.12. The lowest BCUT2D eigenvalue weighted by Gasteiger charge is -2.36. The monoisotopic (exact) mass is 154 g/mol. The van der Waals surface area contributed by atoms with Crippen LogP contribution < -0.4 is 0 Å². The summed E-state index contributed by atoms with van der Waals surface area (Å²) in [6.07, 6.45) is 6.43. The van der Waals surface area contributed by atoms with E-state index in [1.807, 2.05) is 27.7 Å². The molecule has 0 aliphatic carbocycles. The minimum Gasteiger partial charge on any atom is -0.390 e. The molecule has 0 radical (unpaired) electrons. The first-order valence-corrected chi connectivity index (χ1v) is 3.97. The Balaban J connectivity index is 4.13. The predicted molar refractivity (Wildman–Crippen MR) is 48.1 cm³/mol. The highest BCUT2D eigenvalue weighted by molar-refractivity contribution is 4.92. The molecule has 0 saturated heterocycles. The summed E-state index contributed by atoms with van der Waals surface area (Å²) in [6.45, 7) is 7.89. The summed E-state index contributed by atoms with van der Waals surface area (Å²) in [6, 6.07) is 0. The van der Waals surface area contributed by atoms with Gasteiger partial charge in [0.2, 0.25) is 0 Å². The van der Waals surface area contributed by atoms with Crippen molar-refractivity contribution in [1.82, 2.24) is 0 Å². The van der Waals surface area contributed by atoms with Crippen LogP contribution in [-0.2, 0) is 0 Å². The highest BCUT2D eigenvalue weighted by atomic mass is 16.3. The number of rotatable bonds is 2. The number of terminal acetylenes is 1. The van der Waals surface area contributed by atoms with Gasteiger partial charge in [-0.1, -0.05) is 20.8 Å². The first-order chi connectivity index (χ1) is 4.81. The van der Waals surface area contributed by atoms with Gasteiger partial charge in [0.15, 0.2) is 0 Å². The van der Waals surface area contributed by atoms with Gasteiger partial charge in [0.1, 0.15) is 0 Å². The van der Waals surface area contributed by atoms with Gasteiger partial charge in [-0.05, 0) is 18.8 Å². The smallest absolute Gasteiger partial charge is 0.0676 e. The SMILES string of the molecule is C#CCCC(C)(O)C(C)(C)C. The average Bonchev–Trinajstić information content (AvgIpc) is 1.81. The van der Waals surface area contributed by atoms with Crippen LogP contribution in [0.1, 0.15) is 40.5 Å². The maximum Gasteiger partial charge on any atom is 0.0676 e. The summed E-state index contributed by atoms with van der Waals surface area (Å²) in [7, 11) is 0. The Morgan fingerprint density at radius 3 is 2.00 bits per heavy atom. The van der Waals surface area contributed by atoms with Crippen LogP contribution in [0.2, 0.25) is 0 Å². The van der Waals surface area contributed by atoms with Gasteiger partial charge in [0, 0.05) is 6.42 Å². The Hall–Kier alpha value is -0.480. The Kier molecular flexibility index (Phi) is 3.13. The van der Waals surface area contributed by atoms with Crippen molar-refractivity contribution in [3.63, 3.8) is 0 Å². The molecule has 0 aliphatic heterocycles. The second kappa shape index (κ2) is 3.28. The predicted octanol–water partition coefficient (Wildman–Crippen LogP) is 2.20. The lowest BCUT2D eigenvalue weighted by molar-refractivity contribution is -0.0467. The highest BCUT2D eigenvalue weighted by Crippen LogP contribution is 2.33. The Morgan fingerprint density at radius 1 is 1.27 bits per heavy atom. The van der Waals surface area contributed by atoms with Crippen LogP contribution >= 0.6 is 0 Å². The lowest BCUT2D eigenvalue weighted by Crippen LogP contribution is -2.39. The van der Waals surface area contributed by atoms with Gasteiger partial charge in [-0.3, -0.25) is 0 Å². The molecule has 0 aromatic heterocycles. The van der Waals surface area contributed by atoms with Crippen LogP contribution in [0.25, 0.3) is 0 Å². The van der Waals surface area contributed by atoms with Crippen LogP contribution in [0, 0.1) is 17.8 Å². The maximum atomic E-state index is 9.89. The Morgan fingerprint density at radius 2 is 1.73 bits per heavy atom. The highest BCUT2D eigenvalue weighted by Gasteiger charge is 2.34. The van der Waals surface area contributed by atoms with Crippen molar-refractivity contribution in [1.29, 1.82) is 0 Å². The summed E-state index contributed by atoms with van der Waals surface area (Å²) < 4.78 is 0. The third-order valence-corrected chi connectivity index (χ3v) is 2.37. The molecular formula is C10H18O. The minimum atomic E-state index is -0.653. The minimum absolute atomic E-state index is 0.0934. The molecule has 0 aliphatic rings. The molecule has 0 fully saturated rings. The summed E-state index contributed by atoms with van der Waals surface area (Å²) in [5.74, 6) is 2.54. The molecule has 1 N–H and O–H groups in total.